The van der Waals surface area contributed by atoms with Crippen molar-refractivity contribution in [1.29, 1.82) is 0 Å². The molecule has 0 fully saturated rings. The highest BCUT2D eigenvalue weighted by atomic mass is 32.1. The minimum absolute atomic E-state index is 0.0651. The Bertz CT molecular complexity index is 421. The average molecular weight is 284 g/mol. The molecule has 2 N–H and O–H groups in total. The van der Waals surface area contributed by atoms with Crippen LogP contribution in [0.25, 0.3) is 0 Å². The number of rotatable bonds is 6. The molecule has 0 aliphatic rings. The summed E-state index contributed by atoms with van der Waals surface area (Å²) in [7, 11) is 3.95. The minimum Gasteiger partial charge on any atom is -0.480 e. The van der Waals surface area contributed by atoms with E-state index in [0.717, 1.165) is 11.4 Å². The second-order valence-corrected chi connectivity index (χ2v) is 7.10. The summed E-state index contributed by atoms with van der Waals surface area (Å²) in [5, 5.41) is 12.4. The third-order valence-electron chi connectivity index (χ3n) is 2.80. The predicted octanol–water partition coefficient (Wildman–Crippen LogP) is 2.32. The van der Waals surface area contributed by atoms with Gasteiger partial charge in [-0.05, 0) is 31.6 Å². The van der Waals surface area contributed by atoms with Gasteiger partial charge in [-0.2, -0.15) is 0 Å². The van der Waals surface area contributed by atoms with Gasteiger partial charge in [0.25, 0.3) is 0 Å². The van der Waals surface area contributed by atoms with E-state index in [0.29, 0.717) is 6.54 Å². The van der Waals surface area contributed by atoms with Crippen molar-refractivity contribution in [2.45, 2.75) is 32.2 Å². The van der Waals surface area contributed by atoms with E-state index in [-0.39, 0.29) is 5.41 Å². The second kappa shape index (κ2) is 6.50. The summed E-state index contributed by atoms with van der Waals surface area (Å²) in [6.45, 7) is 7.89. The fourth-order valence-electron chi connectivity index (χ4n) is 1.65. The van der Waals surface area contributed by atoms with Crippen LogP contribution in [-0.2, 0) is 10.2 Å². The van der Waals surface area contributed by atoms with E-state index in [1.54, 1.807) is 11.3 Å². The van der Waals surface area contributed by atoms with Crippen molar-refractivity contribution in [3.8, 4) is 0 Å². The van der Waals surface area contributed by atoms with Crippen LogP contribution in [0.1, 0.15) is 36.6 Å². The Labute approximate surface area is 119 Å². The van der Waals surface area contributed by atoms with Crippen molar-refractivity contribution in [3.63, 3.8) is 0 Å². The summed E-state index contributed by atoms with van der Waals surface area (Å²) in [5.74, 6) is -0.818. The van der Waals surface area contributed by atoms with Gasteiger partial charge in [0.2, 0.25) is 0 Å². The van der Waals surface area contributed by atoms with E-state index < -0.39 is 12.0 Å². The Morgan fingerprint density at radius 2 is 2.05 bits per heavy atom. The molecule has 0 saturated carbocycles. The Kier molecular flexibility index (Phi) is 5.52. The lowest BCUT2D eigenvalue weighted by molar-refractivity contribution is -0.139. The molecule has 0 aliphatic heterocycles. The monoisotopic (exact) mass is 284 g/mol. The van der Waals surface area contributed by atoms with E-state index in [4.69, 9.17) is 0 Å². The summed E-state index contributed by atoms with van der Waals surface area (Å²) >= 11 is 1.58. The Hall–Kier alpha value is -0.910. The zero-order valence-electron chi connectivity index (χ0n) is 12.4. The first-order valence-corrected chi connectivity index (χ1v) is 7.24. The maximum atomic E-state index is 11.4. The number of hydrogen-bond donors (Lipinski definition) is 2. The van der Waals surface area contributed by atoms with Gasteiger partial charge in [0.15, 0.2) is 0 Å². The Balaban J connectivity index is 2.77. The number of nitrogens with zero attached hydrogens (tertiary/aromatic N) is 1. The van der Waals surface area contributed by atoms with Gasteiger partial charge >= 0.3 is 5.97 Å². The normalized spacial score (nSPS) is 13.8. The van der Waals surface area contributed by atoms with Crippen LogP contribution in [-0.4, -0.2) is 43.2 Å². The number of carboxylic acids is 1. The molecule has 1 heterocycles. The standard InChI is InChI=1S/C14H24N2O2S/c1-14(2,3)11-7-6-10(19-11)12(13(17)18)15-8-9-16(4)5/h6-7,12,15H,8-9H2,1-5H3,(H,17,18). The Morgan fingerprint density at radius 1 is 1.42 bits per heavy atom. The molecule has 1 aromatic heterocycles. The van der Waals surface area contributed by atoms with Crippen LogP contribution in [0.5, 0.6) is 0 Å². The third kappa shape index (κ3) is 4.93. The van der Waals surface area contributed by atoms with Gasteiger partial charge in [0.1, 0.15) is 6.04 Å². The highest BCUT2D eigenvalue weighted by Gasteiger charge is 2.23. The van der Waals surface area contributed by atoms with Crippen molar-refractivity contribution in [1.82, 2.24) is 10.2 Å². The zero-order chi connectivity index (χ0) is 14.6. The fraction of sp³-hybridized carbons (Fsp3) is 0.643. The molecule has 1 atom stereocenters. The first-order chi connectivity index (χ1) is 8.71. The average Bonchev–Trinajstić information content (AvgIpc) is 2.71. The summed E-state index contributed by atoms with van der Waals surface area (Å²) < 4.78 is 0. The molecule has 0 spiro atoms. The minimum atomic E-state index is -0.818. The maximum Gasteiger partial charge on any atom is 0.326 e. The third-order valence-corrected chi connectivity index (χ3v) is 4.38. The number of carbonyl (C=O) groups is 1. The molecule has 19 heavy (non-hydrogen) atoms. The number of aliphatic carboxylic acids is 1. The quantitative estimate of drug-likeness (QED) is 0.842. The molecule has 1 rings (SSSR count). The summed E-state index contributed by atoms with van der Waals surface area (Å²) in [5.41, 5.74) is 0.0651. The molecule has 1 unspecified atom stereocenters. The summed E-state index contributed by atoms with van der Waals surface area (Å²) in [6, 6.07) is 3.34. The highest BCUT2D eigenvalue weighted by molar-refractivity contribution is 7.12. The maximum absolute atomic E-state index is 11.4. The van der Waals surface area contributed by atoms with E-state index in [1.165, 1.54) is 4.88 Å². The second-order valence-electron chi connectivity index (χ2n) is 5.98. The molecular weight excluding hydrogens is 260 g/mol. The first-order valence-electron chi connectivity index (χ1n) is 6.43. The molecule has 0 aromatic carbocycles. The smallest absolute Gasteiger partial charge is 0.326 e. The summed E-state index contributed by atoms with van der Waals surface area (Å²) in [4.78, 5) is 15.5. The lowest BCUT2D eigenvalue weighted by Gasteiger charge is -2.17. The van der Waals surface area contributed by atoms with Gasteiger partial charge in [-0.3, -0.25) is 10.1 Å². The van der Waals surface area contributed by atoms with Crippen LogP contribution in [0.2, 0.25) is 0 Å². The highest BCUT2D eigenvalue weighted by Crippen LogP contribution is 2.32. The number of hydrogen-bond acceptors (Lipinski definition) is 4. The van der Waals surface area contributed by atoms with Crippen LogP contribution in [0, 0.1) is 0 Å². The van der Waals surface area contributed by atoms with Crippen molar-refractivity contribution in [2.24, 2.45) is 0 Å². The largest absolute Gasteiger partial charge is 0.480 e. The molecule has 5 heteroatoms. The van der Waals surface area contributed by atoms with E-state index in [9.17, 15) is 9.90 Å². The molecular formula is C14H24N2O2S. The first kappa shape index (κ1) is 16.1. The van der Waals surface area contributed by atoms with Gasteiger partial charge in [-0.15, -0.1) is 11.3 Å². The Morgan fingerprint density at radius 3 is 2.47 bits per heavy atom. The van der Waals surface area contributed by atoms with Crippen LogP contribution >= 0.6 is 11.3 Å². The van der Waals surface area contributed by atoms with Crippen LogP contribution in [0.4, 0.5) is 0 Å². The fourth-order valence-corrected chi connectivity index (χ4v) is 2.79. The van der Waals surface area contributed by atoms with E-state index in [1.807, 2.05) is 31.1 Å². The molecule has 0 bridgehead atoms. The van der Waals surface area contributed by atoms with E-state index in [2.05, 4.69) is 26.1 Å². The molecule has 0 amide bonds. The van der Waals surface area contributed by atoms with Crippen molar-refractivity contribution in [3.05, 3.63) is 21.9 Å². The van der Waals surface area contributed by atoms with E-state index >= 15 is 0 Å². The molecule has 0 aliphatic carbocycles. The molecule has 0 radical (unpaired) electrons. The lowest BCUT2D eigenvalue weighted by Crippen LogP contribution is -2.33. The molecule has 0 saturated heterocycles. The van der Waals surface area contributed by atoms with Gasteiger partial charge in [-0.25, -0.2) is 0 Å². The van der Waals surface area contributed by atoms with Gasteiger partial charge in [0.05, 0.1) is 0 Å². The number of carboxylic acid groups (broad SMARTS) is 1. The predicted molar refractivity (Wildman–Crippen MR) is 80.0 cm³/mol. The molecule has 4 nitrogen and oxygen atoms in total. The zero-order valence-corrected chi connectivity index (χ0v) is 13.2. The van der Waals surface area contributed by atoms with Gasteiger partial charge in [0, 0.05) is 22.8 Å². The number of thiophene rings is 1. The van der Waals surface area contributed by atoms with Crippen molar-refractivity contribution >= 4 is 17.3 Å². The molecule has 108 valence electrons. The summed E-state index contributed by atoms with van der Waals surface area (Å²) in [6.07, 6.45) is 0. The van der Waals surface area contributed by atoms with Gasteiger partial charge in [-0.1, -0.05) is 20.8 Å². The number of likely N-dealkylation sites (N-methyl/N-ethyl adjacent to an activating group) is 1. The lowest BCUT2D eigenvalue weighted by atomic mass is 9.95. The van der Waals surface area contributed by atoms with Crippen molar-refractivity contribution < 1.29 is 9.90 Å². The van der Waals surface area contributed by atoms with Gasteiger partial charge < -0.3 is 10.0 Å². The SMILES string of the molecule is CN(C)CCNC(C(=O)O)c1ccc(C(C)(C)C)s1. The molecule has 1 aromatic rings. The number of nitrogens with one attached hydrogen (secondary N) is 1. The topological polar surface area (TPSA) is 52.6 Å². The van der Waals surface area contributed by atoms with Crippen molar-refractivity contribution in [2.75, 3.05) is 27.2 Å². The van der Waals surface area contributed by atoms with Crippen LogP contribution in [0.15, 0.2) is 12.1 Å². The van der Waals surface area contributed by atoms with Crippen LogP contribution in [0.3, 0.4) is 0 Å². The van der Waals surface area contributed by atoms with Crippen LogP contribution < -0.4 is 5.32 Å².